The van der Waals surface area contributed by atoms with Gasteiger partial charge in [0.15, 0.2) is 0 Å². The van der Waals surface area contributed by atoms with Crippen molar-refractivity contribution in [3.8, 4) is 0 Å². The van der Waals surface area contributed by atoms with Gasteiger partial charge in [-0.05, 0) is 13.1 Å². The lowest BCUT2D eigenvalue weighted by molar-refractivity contribution is 0.315. The Balaban J connectivity index is 2.45. The molecule has 0 aromatic heterocycles. The summed E-state index contributed by atoms with van der Waals surface area (Å²) < 4.78 is 13.6. The van der Waals surface area contributed by atoms with Gasteiger partial charge in [-0.2, -0.15) is 0 Å². The van der Waals surface area contributed by atoms with E-state index in [0.717, 1.165) is 13.1 Å². The molecule has 4 heteroatoms. The van der Waals surface area contributed by atoms with Crippen molar-refractivity contribution in [2.24, 2.45) is 0 Å². The van der Waals surface area contributed by atoms with Crippen LogP contribution in [0.25, 0.3) is 0 Å². The SMILES string of the molecule is CC(C)NCCN(C)Cc1cccc(Cl)c1F. The molecule has 1 N–H and O–H groups in total. The number of nitrogens with zero attached hydrogens (tertiary/aromatic N) is 1. The van der Waals surface area contributed by atoms with Crippen LogP contribution in [0.5, 0.6) is 0 Å². The third kappa shape index (κ3) is 5.02. The molecule has 0 spiro atoms. The Morgan fingerprint density at radius 2 is 2.12 bits per heavy atom. The fraction of sp³-hybridized carbons (Fsp3) is 0.538. The van der Waals surface area contributed by atoms with Gasteiger partial charge < -0.3 is 10.2 Å². The van der Waals surface area contributed by atoms with Crippen molar-refractivity contribution < 1.29 is 4.39 Å². The van der Waals surface area contributed by atoms with Crippen LogP contribution in [-0.4, -0.2) is 31.1 Å². The molecule has 0 bridgehead atoms. The van der Waals surface area contributed by atoms with Gasteiger partial charge in [-0.3, -0.25) is 0 Å². The van der Waals surface area contributed by atoms with Crippen LogP contribution in [0.15, 0.2) is 18.2 Å². The fourth-order valence-electron chi connectivity index (χ4n) is 1.58. The average molecular weight is 259 g/mol. The van der Waals surface area contributed by atoms with Gasteiger partial charge in [-0.25, -0.2) is 4.39 Å². The molecular formula is C13H20ClFN2. The molecule has 0 aliphatic heterocycles. The summed E-state index contributed by atoms with van der Waals surface area (Å²) in [7, 11) is 1.97. The van der Waals surface area contributed by atoms with Crippen molar-refractivity contribution in [3.05, 3.63) is 34.6 Å². The van der Waals surface area contributed by atoms with Crippen molar-refractivity contribution in [2.75, 3.05) is 20.1 Å². The van der Waals surface area contributed by atoms with Crippen molar-refractivity contribution in [2.45, 2.75) is 26.4 Å². The first kappa shape index (κ1) is 14.4. The Bertz CT molecular complexity index is 355. The maximum absolute atomic E-state index is 13.6. The summed E-state index contributed by atoms with van der Waals surface area (Å²) in [6.07, 6.45) is 0. The number of hydrogen-bond donors (Lipinski definition) is 1. The molecule has 0 saturated carbocycles. The first-order valence-electron chi connectivity index (χ1n) is 5.85. The largest absolute Gasteiger partial charge is 0.313 e. The third-order valence-electron chi connectivity index (χ3n) is 2.52. The van der Waals surface area contributed by atoms with E-state index in [0.29, 0.717) is 18.2 Å². The summed E-state index contributed by atoms with van der Waals surface area (Å²) in [4.78, 5) is 2.07. The summed E-state index contributed by atoms with van der Waals surface area (Å²) in [6, 6.07) is 5.60. The quantitative estimate of drug-likeness (QED) is 0.844. The number of benzene rings is 1. The molecular weight excluding hydrogens is 239 g/mol. The normalized spacial score (nSPS) is 11.5. The van der Waals surface area contributed by atoms with Crippen molar-refractivity contribution >= 4 is 11.6 Å². The number of halogens is 2. The van der Waals surface area contributed by atoms with Gasteiger partial charge >= 0.3 is 0 Å². The minimum Gasteiger partial charge on any atom is -0.313 e. The highest BCUT2D eigenvalue weighted by atomic mass is 35.5. The molecule has 17 heavy (non-hydrogen) atoms. The topological polar surface area (TPSA) is 15.3 Å². The fourth-order valence-corrected chi connectivity index (χ4v) is 1.78. The van der Waals surface area contributed by atoms with Gasteiger partial charge in [0, 0.05) is 31.2 Å². The van der Waals surface area contributed by atoms with E-state index in [4.69, 9.17) is 11.6 Å². The molecule has 1 aromatic carbocycles. The lowest BCUT2D eigenvalue weighted by Gasteiger charge is -2.18. The van der Waals surface area contributed by atoms with E-state index >= 15 is 0 Å². The molecule has 0 heterocycles. The highest BCUT2D eigenvalue weighted by molar-refractivity contribution is 6.30. The highest BCUT2D eigenvalue weighted by Crippen LogP contribution is 2.18. The van der Waals surface area contributed by atoms with E-state index in [9.17, 15) is 4.39 Å². The van der Waals surface area contributed by atoms with Crippen LogP contribution in [0.4, 0.5) is 4.39 Å². The zero-order valence-electron chi connectivity index (χ0n) is 10.6. The van der Waals surface area contributed by atoms with Crippen LogP contribution in [0.3, 0.4) is 0 Å². The van der Waals surface area contributed by atoms with Crippen LogP contribution < -0.4 is 5.32 Å². The van der Waals surface area contributed by atoms with Crippen molar-refractivity contribution in [1.29, 1.82) is 0 Å². The zero-order chi connectivity index (χ0) is 12.8. The Hall–Kier alpha value is -0.640. The number of hydrogen-bond acceptors (Lipinski definition) is 2. The average Bonchev–Trinajstić information content (AvgIpc) is 2.24. The van der Waals surface area contributed by atoms with Crippen molar-refractivity contribution in [1.82, 2.24) is 10.2 Å². The standard InChI is InChI=1S/C13H20ClFN2/c1-10(2)16-7-8-17(3)9-11-5-4-6-12(14)13(11)15/h4-6,10,16H,7-9H2,1-3H3. The third-order valence-corrected chi connectivity index (χ3v) is 2.81. The van der Waals surface area contributed by atoms with Gasteiger partial charge in [0.2, 0.25) is 0 Å². The Morgan fingerprint density at radius 3 is 2.76 bits per heavy atom. The van der Waals surface area contributed by atoms with Gasteiger partial charge in [-0.1, -0.05) is 37.6 Å². The predicted octanol–water partition coefficient (Wildman–Crippen LogP) is 2.91. The van der Waals surface area contributed by atoms with Gasteiger partial charge in [0.1, 0.15) is 5.82 Å². The number of likely N-dealkylation sites (N-methyl/N-ethyl adjacent to an activating group) is 1. The summed E-state index contributed by atoms with van der Waals surface area (Å²) in [5.41, 5.74) is 0.643. The minimum atomic E-state index is -0.308. The maximum Gasteiger partial charge on any atom is 0.146 e. The van der Waals surface area contributed by atoms with E-state index in [1.54, 1.807) is 18.2 Å². The van der Waals surface area contributed by atoms with E-state index in [1.807, 2.05) is 7.05 Å². The van der Waals surface area contributed by atoms with Gasteiger partial charge in [0.05, 0.1) is 5.02 Å². The first-order valence-corrected chi connectivity index (χ1v) is 6.23. The molecule has 2 nitrogen and oxygen atoms in total. The van der Waals surface area contributed by atoms with Crippen LogP contribution in [-0.2, 0) is 6.54 Å². The van der Waals surface area contributed by atoms with E-state index in [-0.39, 0.29) is 10.8 Å². The lowest BCUT2D eigenvalue weighted by atomic mass is 10.2. The molecule has 0 atom stereocenters. The smallest absolute Gasteiger partial charge is 0.146 e. The van der Waals surface area contributed by atoms with E-state index in [2.05, 4.69) is 24.1 Å². The Morgan fingerprint density at radius 1 is 1.41 bits per heavy atom. The van der Waals surface area contributed by atoms with Gasteiger partial charge in [0.25, 0.3) is 0 Å². The van der Waals surface area contributed by atoms with E-state index < -0.39 is 0 Å². The minimum absolute atomic E-state index is 0.191. The predicted molar refractivity (Wildman–Crippen MR) is 70.9 cm³/mol. The molecule has 0 saturated heterocycles. The first-order chi connectivity index (χ1) is 8.00. The summed E-state index contributed by atoms with van der Waals surface area (Å²) in [5, 5.41) is 3.52. The molecule has 0 unspecified atom stereocenters. The Kier molecular flexibility index (Phi) is 5.89. The second-order valence-corrected chi connectivity index (χ2v) is 4.97. The molecule has 0 fully saturated rings. The lowest BCUT2D eigenvalue weighted by Crippen LogP contribution is -2.32. The van der Waals surface area contributed by atoms with Crippen LogP contribution in [0, 0.1) is 5.82 Å². The molecule has 96 valence electrons. The summed E-state index contributed by atoms with van der Waals surface area (Å²) in [6.45, 7) is 6.57. The van der Waals surface area contributed by atoms with Crippen LogP contribution in [0.2, 0.25) is 5.02 Å². The van der Waals surface area contributed by atoms with Crippen molar-refractivity contribution in [3.63, 3.8) is 0 Å². The number of rotatable bonds is 6. The van der Waals surface area contributed by atoms with Crippen LogP contribution in [0.1, 0.15) is 19.4 Å². The zero-order valence-corrected chi connectivity index (χ0v) is 11.4. The number of nitrogens with one attached hydrogen (secondary N) is 1. The second kappa shape index (κ2) is 6.94. The summed E-state index contributed by atoms with van der Waals surface area (Å²) in [5.74, 6) is -0.308. The summed E-state index contributed by atoms with van der Waals surface area (Å²) >= 11 is 5.74. The molecule has 0 aliphatic carbocycles. The molecule has 0 radical (unpaired) electrons. The molecule has 1 aromatic rings. The molecule has 1 rings (SSSR count). The van der Waals surface area contributed by atoms with Gasteiger partial charge in [-0.15, -0.1) is 0 Å². The molecule has 0 amide bonds. The molecule has 0 aliphatic rings. The second-order valence-electron chi connectivity index (χ2n) is 4.56. The monoisotopic (exact) mass is 258 g/mol. The Labute approximate surface area is 108 Å². The van der Waals surface area contributed by atoms with Crippen LogP contribution >= 0.6 is 11.6 Å². The highest BCUT2D eigenvalue weighted by Gasteiger charge is 2.08. The van der Waals surface area contributed by atoms with E-state index in [1.165, 1.54) is 0 Å². The maximum atomic E-state index is 13.6.